The maximum atomic E-state index is 9.82. The Kier molecular flexibility index (Phi) is 5.08. The topological polar surface area (TPSA) is 71.4 Å². The van der Waals surface area contributed by atoms with Gasteiger partial charge in [0.1, 0.15) is 12.1 Å². The van der Waals surface area contributed by atoms with E-state index >= 15 is 0 Å². The van der Waals surface area contributed by atoms with E-state index < -0.39 is 0 Å². The molecule has 4 aromatic rings. The summed E-state index contributed by atoms with van der Waals surface area (Å²) < 4.78 is 0. The maximum Gasteiger partial charge on any atom is 0.101 e. The molecule has 0 heterocycles. The minimum atomic E-state index is 0.204. The van der Waals surface area contributed by atoms with Gasteiger partial charge in [0.15, 0.2) is 0 Å². The SMILES string of the molecule is N#Cc1cc(C#N)c(C#N)c(-c2cccc(-c3ccccc3)c2-c2ccccc2)c1. The number of benzene rings is 4. The fourth-order valence-electron chi connectivity index (χ4n) is 3.68. The van der Waals surface area contributed by atoms with Crippen LogP contribution in [0.4, 0.5) is 0 Å². The van der Waals surface area contributed by atoms with Crippen molar-refractivity contribution in [3.05, 3.63) is 108 Å². The fourth-order valence-corrected chi connectivity index (χ4v) is 3.68. The molecular weight excluding hydrogens is 366 g/mol. The van der Waals surface area contributed by atoms with Gasteiger partial charge in [-0.3, -0.25) is 0 Å². The molecule has 0 radical (unpaired) electrons. The molecule has 138 valence electrons. The highest BCUT2D eigenvalue weighted by Gasteiger charge is 2.19. The van der Waals surface area contributed by atoms with Crippen molar-refractivity contribution >= 4 is 0 Å². The van der Waals surface area contributed by atoms with Crippen molar-refractivity contribution in [1.82, 2.24) is 0 Å². The fraction of sp³-hybridized carbons (Fsp3) is 0. The van der Waals surface area contributed by atoms with Crippen LogP contribution in [0.1, 0.15) is 16.7 Å². The van der Waals surface area contributed by atoms with Gasteiger partial charge >= 0.3 is 0 Å². The summed E-state index contributed by atoms with van der Waals surface area (Å²) >= 11 is 0. The molecule has 0 bridgehead atoms. The minimum absolute atomic E-state index is 0.204. The first-order valence-corrected chi connectivity index (χ1v) is 9.39. The van der Waals surface area contributed by atoms with Crippen molar-refractivity contribution in [1.29, 1.82) is 15.8 Å². The van der Waals surface area contributed by atoms with Crippen LogP contribution in [0.15, 0.2) is 91.0 Å². The standard InChI is InChI=1S/C27H15N3/c28-16-19-14-22(17-29)26(18-30)25(15-19)24-13-7-12-23(20-8-3-1-4-9-20)27(24)21-10-5-2-6-11-21/h1-15H. The summed E-state index contributed by atoms with van der Waals surface area (Å²) in [5.74, 6) is 0. The lowest BCUT2D eigenvalue weighted by molar-refractivity contribution is 1.40. The van der Waals surface area contributed by atoms with E-state index in [1.165, 1.54) is 6.07 Å². The second kappa shape index (κ2) is 8.15. The highest BCUT2D eigenvalue weighted by molar-refractivity contribution is 5.96. The van der Waals surface area contributed by atoms with Crippen molar-refractivity contribution in [2.45, 2.75) is 0 Å². The van der Waals surface area contributed by atoms with Gasteiger partial charge in [0.25, 0.3) is 0 Å². The Morgan fingerprint density at radius 3 is 1.73 bits per heavy atom. The normalized spacial score (nSPS) is 9.90. The number of nitrogens with zero attached hydrogens (tertiary/aromatic N) is 3. The molecule has 0 unspecified atom stereocenters. The number of rotatable bonds is 3. The van der Waals surface area contributed by atoms with Crippen LogP contribution in [-0.2, 0) is 0 Å². The van der Waals surface area contributed by atoms with Crippen molar-refractivity contribution in [2.75, 3.05) is 0 Å². The first kappa shape index (κ1) is 18.7. The summed E-state index contributed by atoms with van der Waals surface area (Å²) in [7, 11) is 0. The molecule has 3 nitrogen and oxygen atoms in total. The van der Waals surface area contributed by atoms with E-state index in [9.17, 15) is 15.8 Å². The molecule has 4 rings (SSSR count). The summed E-state index contributed by atoms with van der Waals surface area (Å²) in [5.41, 5.74) is 6.26. The maximum absolute atomic E-state index is 9.82. The predicted octanol–water partition coefficient (Wildman–Crippen LogP) is 6.30. The summed E-state index contributed by atoms with van der Waals surface area (Å²) in [6.07, 6.45) is 0. The first-order chi connectivity index (χ1) is 14.8. The van der Waals surface area contributed by atoms with Gasteiger partial charge in [-0.05, 0) is 39.9 Å². The van der Waals surface area contributed by atoms with Crippen LogP contribution in [0.3, 0.4) is 0 Å². The Balaban J connectivity index is 2.13. The van der Waals surface area contributed by atoms with E-state index in [4.69, 9.17) is 0 Å². The van der Waals surface area contributed by atoms with Crippen molar-refractivity contribution < 1.29 is 0 Å². The summed E-state index contributed by atoms with van der Waals surface area (Å²) in [5, 5.41) is 28.8. The molecule has 3 heteroatoms. The molecule has 0 N–H and O–H groups in total. The number of hydrogen-bond donors (Lipinski definition) is 0. The van der Waals surface area contributed by atoms with Crippen LogP contribution < -0.4 is 0 Å². The van der Waals surface area contributed by atoms with E-state index in [0.717, 1.165) is 27.8 Å². The van der Waals surface area contributed by atoms with E-state index in [1.54, 1.807) is 6.07 Å². The summed E-state index contributed by atoms with van der Waals surface area (Å²) in [6.45, 7) is 0. The molecule has 0 spiro atoms. The van der Waals surface area contributed by atoms with Crippen LogP contribution in [0, 0.1) is 34.0 Å². The van der Waals surface area contributed by atoms with Crippen LogP contribution in [0.25, 0.3) is 33.4 Å². The molecular formula is C27H15N3. The molecule has 4 aromatic carbocycles. The average molecular weight is 381 g/mol. The Hall–Kier alpha value is -4.65. The van der Waals surface area contributed by atoms with E-state index in [2.05, 4.69) is 18.2 Å². The monoisotopic (exact) mass is 381 g/mol. The lowest BCUT2D eigenvalue weighted by Crippen LogP contribution is -1.96. The van der Waals surface area contributed by atoms with Gasteiger partial charge in [0.05, 0.1) is 22.8 Å². The molecule has 0 aliphatic carbocycles. The number of nitriles is 3. The van der Waals surface area contributed by atoms with Crippen LogP contribution in [-0.4, -0.2) is 0 Å². The summed E-state index contributed by atoms with van der Waals surface area (Å²) in [4.78, 5) is 0. The number of hydrogen-bond acceptors (Lipinski definition) is 3. The van der Waals surface area contributed by atoms with Crippen LogP contribution >= 0.6 is 0 Å². The van der Waals surface area contributed by atoms with Gasteiger partial charge in [0.2, 0.25) is 0 Å². The first-order valence-electron chi connectivity index (χ1n) is 9.39. The lowest BCUT2D eigenvalue weighted by Gasteiger charge is -2.17. The molecule has 0 aliphatic rings. The second-order valence-corrected chi connectivity index (χ2v) is 6.74. The second-order valence-electron chi connectivity index (χ2n) is 6.74. The van der Waals surface area contributed by atoms with Gasteiger partial charge in [-0.2, -0.15) is 15.8 Å². The van der Waals surface area contributed by atoms with Gasteiger partial charge in [-0.1, -0.05) is 78.9 Å². The third-order valence-electron chi connectivity index (χ3n) is 5.00. The highest BCUT2D eigenvalue weighted by atomic mass is 14.3. The smallest absolute Gasteiger partial charge is 0.101 e. The zero-order valence-electron chi connectivity index (χ0n) is 16.0. The molecule has 30 heavy (non-hydrogen) atoms. The quantitative estimate of drug-likeness (QED) is 0.418. The van der Waals surface area contributed by atoms with E-state index in [-0.39, 0.29) is 11.1 Å². The van der Waals surface area contributed by atoms with Gasteiger partial charge in [-0.15, -0.1) is 0 Å². The minimum Gasteiger partial charge on any atom is -0.192 e. The van der Waals surface area contributed by atoms with Crippen LogP contribution in [0.2, 0.25) is 0 Å². The zero-order chi connectivity index (χ0) is 20.9. The molecule has 0 aliphatic heterocycles. The highest BCUT2D eigenvalue weighted by Crippen LogP contribution is 2.41. The van der Waals surface area contributed by atoms with Crippen molar-refractivity contribution in [3.63, 3.8) is 0 Å². The Bertz CT molecular complexity index is 1350. The molecule has 0 fully saturated rings. The largest absolute Gasteiger partial charge is 0.192 e. The third-order valence-corrected chi connectivity index (χ3v) is 5.00. The molecule has 0 saturated heterocycles. The van der Waals surface area contributed by atoms with Crippen molar-refractivity contribution in [2.24, 2.45) is 0 Å². The zero-order valence-corrected chi connectivity index (χ0v) is 16.0. The lowest BCUT2D eigenvalue weighted by atomic mass is 9.85. The van der Waals surface area contributed by atoms with Gasteiger partial charge in [0, 0.05) is 5.56 Å². The Labute approximate surface area is 175 Å². The Morgan fingerprint density at radius 2 is 1.13 bits per heavy atom. The molecule has 0 amide bonds. The average Bonchev–Trinajstić information content (AvgIpc) is 2.83. The van der Waals surface area contributed by atoms with E-state index in [0.29, 0.717) is 11.1 Å². The molecule has 0 saturated carbocycles. The third kappa shape index (κ3) is 3.31. The van der Waals surface area contributed by atoms with Gasteiger partial charge < -0.3 is 0 Å². The van der Waals surface area contributed by atoms with Crippen molar-refractivity contribution in [3.8, 4) is 51.6 Å². The van der Waals surface area contributed by atoms with Crippen LogP contribution in [0.5, 0.6) is 0 Å². The summed E-state index contributed by atoms with van der Waals surface area (Å²) in [6, 6.07) is 35.4. The molecule has 0 atom stereocenters. The van der Waals surface area contributed by atoms with Gasteiger partial charge in [-0.25, -0.2) is 0 Å². The predicted molar refractivity (Wildman–Crippen MR) is 117 cm³/mol. The van der Waals surface area contributed by atoms with E-state index in [1.807, 2.05) is 78.9 Å². The molecule has 0 aromatic heterocycles. The Morgan fingerprint density at radius 1 is 0.500 bits per heavy atom.